The minimum Gasteiger partial charge on any atom is -0.340 e. The molecule has 0 aromatic heterocycles. The number of hydrogen-bond donors (Lipinski definition) is 0. The Bertz CT molecular complexity index is 806. The van der Waals surface area contributed by atoms with Crippen molar-refractivity contribution >= 4 is 15.7 Å². The number of benzene rings is 1. The Labute approximate surface area is 168 Å². The molecule has 6 nitrogen and oxygen atoms in total. The highest BCUT2D eigenvalue weighted by Gasteiger charge is 2.35. The van der Waals surface area contributed by atoms with Gasteiger partial charge in [-0.1, -0.05) is 18.2 Å². The van der Waals surface area contributed by atoms with Gasteiger partial charge in [0, 0.05) is 50.9 Å². The molecule has 1 aliphatic carbocycles. The SMILES string of the molecule is CS(=O)(=O)c1ccccc1CN1CCC(N2CCN(C(=O)C3CC3)CC2)CC1. The average Bonchev–Trinajstić information content (AvgIpc) is 3.53. The Morgan fingerprint density at radius 2 is 1.61 bits per heavy atom. The summed E-state index contributed by atoms with van der Waals surface area (Å²) in [5.41, 5.74) is 0.899. The Balaban J connectivity index is 1.27. The van der Waals surface area contributed by atoms with E-state index in [2.05, 4.69) is 14.7 Å². The number of nitrogens with zero attached hydrogens (tertiary/aromatic N) is 3. The van der Waals surface area contributed by atoms with E-state index in [1.165, 1.54) is 6.26 Å². The van der Waals surface area contributed by atoms with Crippen LogP contribution in [-0.4, -0.2) is 80.6 Å². The predicted octanol–water partition coefficient (Wildman–Crippen LogP) is 1.61. The van der Waals surface area contributed by atoms with Crippen molar-refractivity contribution in [1.82, 2.24) is 14.7 Å². The Morgan fingerprint density at radius 3 is 2.21 bits per heavy atom. The van der Waals surface area contributed by atoms with Crippen LogP contribution in [0.1, 0.15) is 31.2 Å². The summed E-state index contributed by atoms with van der Waals surface area (Å²) in [5, 5.41) is 0. The smallest absolute Gasteiger partial charge is 0.225 e. The predicted molar refractivity (Wildman–Crippen MR) is 109 cm³/mol. The average molecular weight is 406 g/mol. The summed E-state index contributed by atoms with van der Waals surface area (Å²) >= 11 is 0. The molecule has 0 bridgehead atoms. The van der Waals surface area contributed by atoms with Crippen LogP contribution < -0.4 is 0 Å². The first-order valence-electron chi connectivity index (χ1n) is 10.4. The number of likely N-dealkylation sites (tertiary alicyclic amines) is 1. The van der Waals surface area contributed by atoms with Crippen LogP contribution in [0.3, 0.4) is 0 Å². The fourth-order valence-electron chi connectivity index (χ4n) is 4.58. The van der Waals surface area contributed by atoms with Gasteiger partial charge in [0.1, 0.15) is 0 Å². The lowest BCUT2D eigenvalue weighted by molar-refractivity contribution is -0.134. The van der Waals surface area contributed by atoms with Crippen LogP contribution in [0.4, 0.5) is 0 Å². The quantitative estimate of drug-likeness (QED) is 0.745. The van der Waals surface area contributed by atoms with Gasteiger partial charge in [-0.25, -0.2) is 8.42 Å². The third-order valence-electron chi connectivity index (χ3n) is 6.39. The van der Waals surface area contributed by atoms with Gasteiger partial charge in [-0.05, 0) is 50.4 Å². The number of sulfone groups is 1. The van der Waals surface area contributed by atoms with Crippen LogP contribution >= 0.6 is 0 Å². The molecule has 4 rings (SSSR count). The minimum atomic E-state index is -3.19. The number of piperazine rings is 1. The molecule has 3 aliphatic rings. The molecule has 1 aromatic carbocycles. The first-order valence-corrected chi connectivity index (χ1v) is 12.3. The topological polar surface area (TPSA) is 60.9 Å². The van der Waals surface area contributed by atoms with E-state index < -0.39 is 9.84 Å². The summed E-state index contributed by atoms with van der Waals surface area (Å²) in [6, 6.07) is 7.93. The van der Waals surface area contributed by atoms with Crippen molar-refractivity contribution < 1.29 is 13.2 Å². The van der Waals surface area contributed by atoms with Gasteiger partial charge in [0.25, 0.3) is 0 Å². The summed E-state index contributed by atoms with van der Waals surface area (Å²) in [6.07, 6.45) is 5.67. The second-order valence-electron chi connectivity index (χ2n) is 8.52. The Hall–Kier alpha value is -1.44. The van der Waals surface area contributed by atoms with Crippen molar-refractivity contribution in [3.8, 4) is 0 Å². The highest BCUT2D eigenvalue weighted by molar-refractivity contribution is 7.90. The van der Waals surface area contributed by atoms with E-state index in [9.17, 15) is 13.2 Å². The molecule has 0 spiro atoms. The monoisotopic (exact) mass is 405 g/mol. The number of rotatable bonds is 5. The fraction of sp³-hybridized carbons (Fsp3) is 0.667. The Kier molecular flexibility index (Phi) is 5.76. The number of carbonyl (C=O) groups is 1. The lowest BCUT2D eigenvalue weighted by atomic mass is 10.0. The molecule has 1 aromatic rings. The number of carbonyl (C=O) groups excluding carboxylic acids is 1. The van der Waals surface area contributed by atoms with Gasteiger partial charge >= 0.3 is 0 Å². The highest BCUT2D eigenvalue weighted by Crippen LogP contribution is 2.31. The normalized spacial score (nSPS) is 23.1. The molecular weight excluding hydrogens is 374 g/mol. The summed E-state index contributed by atoms with van der Waals surface area (Å²) in [7, 11) is -3.19. The molecule has 0 unspecified atom stereocenters. The van der Waals surface area contributed by atoms with Gasteiger partial charge in [0.2, 0.25) is 5.91 Å². The molecule has 0 atom stereocenters. The first-order chi connectivity index (χ1) is 13.4. The van der Waals surface area contributed by atoms with E-state index in [4.69, 9.17) is 0 Å². The van der Waals surface area contributed by atoms with E-state index in [0.717, 1.165) is 70.5 Å². The zero-order valence-corrected chi connectivity index (χ0v) is 17.5. The van der Waals surface area contributed by atoms with E-state index in [-0.39, 0.29) is 0 Å². The fourth-order valence-corrected chi connectivity index (χ4v) is 5.51. The second-order valence-corrected chi connectivity index (χ2v) is 10.5. The van der Waals surface area contributed by atoms with Crippen LogP contribution in [0.5, 0.6) is 0 Å². The summed E-state index contributed by atoms with van der Waals surface area (Å²) in [5.74, 6) is 0.698. The van der Waals surface area contributed by atoms with Crippen molar-refractivity contribution in [2.75, 3.05) is 45.5 Å². The zero-order chi connectivity index (χ0) is 19.7. The van der Waals surface area contributed by atoms with Gasteiger partial charge in [0.15, 0.2) is 9.84 Å². The molecule has 0 radical (unpaired) electrons. The minimum absolute atomic E-state index is 0.324. The molecule has 1 saturated carbocycles. The molecule has 7 heteroatoms. The van der Waals surface area contributed by atoms with Crippen LogP contribution in [0.15, 0.2) is 29.2 Å². The molecular formula is C21H31N3O3S. The lowest BCUT2D eigenvalue weighted by Gasteiger charge is -2.43. The van der Waals surface area contributed by atoms with E-state index in [1.807, 2.05) is 12.1 Å². The van der Waals surface area contributed by atoms with Gasteiger partial charge in [-0.3, -0.25) is 14.6 Å². The molecule has 0 N–H and O–H groups in total. The van der Waals surface area contributed by atoms with Crippen molar-refractivity contribution in [1.29, 1.82) is 0 Å². The maximum absolute atomic E-state index is 12.2. The van der Waals surface area contributed by atoms with Crippen molar-refractivity contribution in [3.63, 3.8) is 0 Å². The van der Waals surface area contributed by atoms with Gasteiger partial charge in [-0.15, -0.1) is 0 Å². The van der Waals surface area contributed by atoms with Gasteiger partial charge in [0.05, 0.1) is 4.90 Å². The molecule has 154 valence electrons. The van der Waals surface area contributed by atoms with Crippen molar-refractivity contribution in [3.05, 3.63) is 29.8 Å². The summed E-state index contributed by atoms with van der Waals surface area (Å²) in [4.78, 5) is 19.7. The lowest BCUT2D eigenvalue weighted by Crippen LogP contribution is -2.54. The van der Waals surface area contributed by atoms with Gasteiger partial charge in [-0.2, -0.15) is 0 Å². The highest BCUT2D eigenvalue weighted by atomic mass is 32.2. The summed E-state index contributed by atoms with van der Waals surface area (Å²) in [6.45, 7) is 6.39. The number of hydrogen-bond acceptors (Lipinski definition) is 5. The molecule has 1 amide bonds. The third kappa shape index (κ3) is 4.58. The maximum Gasteiger partial charge on any atom is 0.225 e. The van der Waals surface area contributed by atoms with Crippen molar-refractivity contribution in [2.24, 2.45) is 5.92 Å². The Morgan fingerprint density at radius 1 is 0.964 bits per heavy atom. The van der Waals surface area contributed by atoms with E-state index >= 15 is 0 Å². The zero-order valence-electron chi connectivity index (χ0n) is 16.7. The van der Waals surface area contributed by atoms with E-state index in [0.29, 0.717) is 29.3 Å². The van der Waals surface area contributed by atoms with Crippen molar-refractivity contribution in [2.45, 2.75) is 43.2 Å². The maximum atomic E-state index is 12.2. The molecule has 3 fully saturated rings. The largest absolute Gasteiger partial charge is 0.340 e. The van der Waals surface area contributed by atoms with Crippen LogP contribution in [0.2, 0.25) is 0 Å². The molecule has 2 heterocycles. The van der Waals surface area contributed by atoms with E-state index in [1.54, 1.807) is 12.1 Å². The second kappa shape index (κ2) is 8.13. The van der Waals surface area contributed by atoms with Crippen LogP contribution in [0, 0.1) is 5.92 Å². The molecule has 2 aliphatic heterocycles. The number of piperidine rings is 1. The van der Waals surface area contributed by atoms with Gasteiger partial charge < -0.3 is 4.90 Å². The number of amides is 1. The third-order valence-corrected chi connectivity index (χ3v) is 7.59. The molecule has 28 heavy (non-hydrogen) atoms. The van der Waals surface area contributed by atoms with Crippen LogP contribution in [0.25, 0.3) is 0 Å². The standard InChI is InChI=1S/C21H31N3O3S/c1-28(26,27)20-5-3-2-4-18(20)16-22-10-8-19(9-11-22)23-12-14-24(15-13-23)21(25)17-6-7-17/h2-5,17,19H,6-16H2,1H3. The first kappa shape index (κ1) is 19.9. The molecule has 2 saturated heterocycles. The van der Waals surface area contributed by atoms with Crippen LogP contribution in [-0.2, 0) is 21.2 Å². The summed E-state index contributed by atoms with van der Waals surface area (Å²) < 4.78 is 24.0.